The summed E-state index contributed by atoms with van der Waals surface area (Å²) < 4.78 is 2.09. The van der Waals surface area contributed by atoms with Gasteiger partial charge in [-0.3, -0.25) is 4.99 Å². The lowest BCUT2D eigenvalue weighted by molar-refractivity contribution is 0.622. The Labute approximate surface area is 177 Å². The highest BCUT2D eigenvalue weighted by Crippen LogP contribution is 2.48. The number of guanidine groups is 1. The zero-order chi connectivity index (χ0) is 17.5. The predicted molar refractivity (Wildman–Crippen MR) is 119 cm³/mol. The molecule has 3 rings (SSSR count). The molecule has 1 fully saturated rings. The molecule has 1 aliphatic carbocycles. The monoisotopic (exact) mass is 487 g/mol. The molecule has 1 aliphatic rings. The molecule has 7 heteroatoms. The molecule has 0 amide bonds. The molecule has 26 heavy (non-hydrogen) atoms. The van der Waals surface area contributed by atoms with Gasteiger partial charge in [0.25, 0.3) is 0 Å². The number of hydrogen-bond donors (Lipinski definition) is 2. The smallest absolute Gasteiger partial charge is 0.191 e. The lowest BCUT2D eigenvalue weighted by atomic mass is 9.96. The summed E-state index contributed by atoms with van der Waals surface area (Å²) in [6, 6.07) is 8.20. The number of nitrogens with one attached hydrogen (secondary N) is 2. The minimum atomic E-state index is 0. The first-order valence-electron chi connectivity index (χ1n) is 8.96. The summed E-state index contributed by atoms with van der Waals surface area (Å²) in [6.45, 7) is 5.58. The Bertz CT molecular complexity index is 698. The Morgan fingerprint density at radius 1 is 1.35 bits per heavy atom. The van der Waals surface area contributed by atoms with Gasteiger partial charge in [-0.05, 0) is 43.9 Å². The van der Waals surface area contributed by atoms with Crippen molar-refractivity contribution < 1.29 is 0 Å². The molecule has 1 saturated carbocycles. The Morgan fingerprint density at radius 2 is 2.19 bits per heavy atom. The Kier molecular flexibility index (Phi) is 8.21. The predicted octanol–water partition coefficient (Wildman–Crippen LogP) is 3.83. The standard InChI is InChI=1S/C19H26ClN5.HI/c1-2-22-18(23-9-4-11-25-12-10-21-15-25)24-14-19(7-8-19)16-5-3-6-17(20)13-16;/h3,5-6,10,12-13,15H,2,4,7-9,11,14H2,1H3,(H2,22,23,24);1H. The highest BCUT2D eigenvalue weighted by atomic mass is 127. The van der Waals surface area contributed by atoms with Gasteiger partial charge in [0.05, 0.1) is 12.9 Å². The zero-order valence-corrected chi connectivity index (χ0v) is 18.2. The number of imidazole rings is 1. The van der Waals surface area contributed by atoms with Crippen molar-refractivity contribution >= 4 is 41.5 Å². The number of hydrogen-bond acceptors (Lipinski definition) is 2. The van der Waals surface area contributed by atoms with E-state index in [1.807, 2.05) is 30.9 Å². The van der Waals surface area contributed by atoms with E-state index in [4.69, 9.17) is 16.6 Å². The highest BCUT2D eigenvalue weighted by Gasteiger charge is 2.44. The average Bonchev–Trinajstić information content (AvgIpc) is 3.23. The van der Waals surface area contributed by atoms with Crippen molar-refractivity contribution in [2.75, 3.05) is 19.6 Å². The summed E-state index contributed by atoms with van der Waals surface area (Å²) in [7, 11) is 0. The van der Waals surface area contributed by atoms with Gasteiger partial charge in [0, 0.05) is 42.5 Å². The molecule has 0 aliphatic heterocycles. The summed E-state index contributed by atoms with van der Waals surface area (Å²) in [5.74, 6) is 0.890. The van der Waals surface area contributed by atoms with Crippen molar-refractivity contribution in [1.29, 1.82) is 0 Å². The molecule has 0 radical (unpaired) electrons. The Hall–Kier alpha value is -1.28. The van der Waals surface area contributed by atoms with Gasteiger partial charge in [-0.15, -0.1) is 24.0 Å². The summed E-state index contributed by atoms with van der Waals surface area (Å²) in [5.41, 5.74) is 1.48. The van der Waals surface area contributed by atoms with E-state index in [-0.39, 0.29) is 29.4 Å². The van der Waals surface area contributed by atoms with Gasteiger partial charge < -0.3 is 15.2 Å². The number of nitrogens with zero attached hydrogens (tertiary/aromatic N) is 3. The third-order valence-corrected chi connectivity index (χ3v) is 4.85. The van der Waals surface area contributed by atoms with Gasteiger partial charge >= 0.3 is 0 Å². The fraction of sp³-hybridized carbons (Fsp3) is 0.474. The van der Waals surface area contributed by atoms with Gasteiger partial charge in [-0.2, -0.15) is 0 Å². The third-order valence-electron chi connectivity index (χ3n) is 4.62. The number of aliphatic imine (C=N–C) groups is 1. The maximum Gasteiger partial charge on any atom is 0.191 e. The second kappa shape index (κ2) is 10.2. The van der Waals surface area contributed by atoms with E-state index in [9.17, 15) is 0 Å². The third kappa shape index (κ3) is 5.87. The molecule has 0 saturated heterocycles. The van der Waals surface area contributed by atoms with Crippen LogP contribution in [0.25, 0.3) is 0 Å². The molecular formula is C19H27ClIN5. The normalized spacial score (nSPS) is 15.2. The zero-order valence-electron chi connectivity index (χ0n) is 15.1. The lowest BCUT2D eigenvalue weighted by Gasteiger charge is -2.16. The summed E-state index contributed by atoms with van der Waals surface area (Å²) in [6.07, 6.45) is 9.03. The fourth-order valence-corrected chi connectivity index (χ4v) is 3.16. The molecule has 1 aromatic heterocycles. The summed E-state index contributed by atoms with van der Waals surface area (Å²) >= 11 is 6.15. The number of aromatic nitrogens is 2. The topological polar surface area (TPSA) is 54.2 Å². The van der Waals surface area contributed by atoms with Crippen LogP contribution in [0.4, 0.5) is 0 Å². The van der Waals surface area contributed by atoms with Gasteiger partial charge in [-0.25, -0.2) is 4.98 Å². The molecule has 0 atom stereocenters. The van der Waals surface area contributed by atoms with Crippen LogP contribution in [-0.2, 0) is 12.0 Å². The number of aryl methyl sites for hydroxylation is 1. The first kappa shape index (κ1) is 21.0. The molecule has 5 nitrogen and oxygen atoms in total. The maximum atomic E-state index is 6.15. The maximum absolute atomic E-state index is 6.15. The van der Waals surface area contributed by atoms with Crippen molar-refractivity contribution in [1.82, 2.24) is 20.2 Å². The SMILES string of the molecule is CCNC(=NCC1(c2cccc(Cl)c2)CC1)NCCCn1ccnc1.I. The quantitative estimate of drug-likeness (QED) is 0.258. The molecule has 1 heterocycles. The molecule has 0 spiro atoms. The largest absolute Gasteiger partial charge is 0.357 e. The highest BCUT2D eigenvalue weighted by molar-refractivity contribution is 14.0. The number of benzene rings is 1. The summed E-state index contributed by atoms with van der Waals surface area (Å²) in [5, 5.41) is 7.56. The first-order valence-corrected chi connectivity index (χ1v) is 9.34. The van der Waals surface area contributed by atoms with Gasteiger partial charge in [-0.1, -0.05) is 23.7 Å². The van der Waals surface area contributed by atoms with Crippen molar-refractivity contribution in [2.45, 2.75) is 38.1 Å². The van der Waals surface area contributed by atoms with E-state index in [1.165, 1.54) is 18.4 Å². The van der Waals surface area contributed by atoms with Crippen molar-refractivity contribution in [2.24, 2.45) is 4.99 Å². The van der Waals surface area contributed by atoms with E-state index in [0.717, 1.165) is 43.6 Å². The van der Waals surface area contributed by atoms with Gasteiger partial charge in [0.2, 0.25) is 0 Å². The Morgan fingerprint density at radius 3 is 2.85 bits per heavy atom. The van der Waals surface area contributed by atoms with Crippen LogP contribution in [0.5, 0.6) is 0 Å². The minimum Gasteiger partial charge on any atom is -0.357 e. The average molecular weight is 488 g/mol. The van der Waals surface area contributed by atoms with E-state index >= 15 is 0 Å². The molecule has 2 N–H and O–H groups in total. The number of rotatable bonds is 8. The van der Waals surface area contributed by atoms with Crippen LogP contribution in [0.15, 0.2) is 48.0 Å². The van der Waals surface area contributed by atoms with E-state index in [1.54, 1.807) is 0 Å². The molecule has 2 aromatic rings. The van der Waals surface area contributed by atoms with Crippen LogP contribution in [-0.4, -0.2) is 35.1 Å². The lowest BCUT2D eigenvalue weighted by Crippen LogP contribution is -2.38. The number of halogens is 2. The second-order valence-corrected chi connectivity index (χ2v) is 7.00. The van der Waals surface area contributed by atoms with Gasteiger partial charge in [0.1, 0.15) is 0 Å². The van der Waals surface area contributed by atoms with Gasteiger partial charge in [0.15, 0.2) is 5.96 Å². The van der Waals surface area contributed by atoms with Crippen LogP contribution in [0.3, 0.4) is 0 Å². The molecular weight excluding hydrogens is 461 g/mol. The van der Waals surface area contributed by atoms with Crippen LogP contribution in [0.2, 0.25) is 5.02 Å². The molecule has 0 unspecified atom stereocenters. The Balaban J connectivity index is 0.00000243. The van der Waals surface area contributed by atoms with Crippen LogP contribution < -0.4 is 10.6 Å². The second-order valence-electron chi connectivity index (χ2n) is 6.57. The van der Waals surface area contributed by atoms with Crippen LogP contribution in [0.1, 0.15) is 31.7 Å². The first-order chi connectivity index (χ1) is 12.2. The van der Waals surface area contributed by atoms with Crippen molar-refractivity contribution in [3.63, 3.8) is 0 Å². The van der Waals surface area contributed by atoms with E-state index in [2.05, 4.69) is 39.2 Å². The molecule has 142 valence electrons. The van der Waals surface area contributed by atoms with Crippen molar-refractivity contribution in [3.05, 3.63) is 53.6 Å². The van der Waals surface area contributed by atoms with E-state index in [0.29, 0.717) is 0 Å². The fourth-order valence-electron chi connectivity index (χ4n) is 2.97. The van der Waals surface area contributed by atoms with Crippen molar-refractivity contribution in [3.8, 4) is 0 Å². The molecule has 0 bridgehead atoms. The minimum absolute atomic E-state index is 0. The summed E-state index contributed by atoms with van der Waals surface area (Å²) in [4.78, 5) is 8.88. The molecule has 1 aromatic carbocycles. The van der Waals surface area contributed by atoms with E-state index < -0.39 is 0 Å². The van der Waals surface area contributed by atoms with Crippen LogP contribution >= 0.6 is 35.6 Å². The van der Waals surface area contributed by atoms with Crippen LogP contribution in [0, 0.1) is 0 Å².